The molecule has 0 saturated heterocycles. The highest BCUT2D eigenvalue weighted by molar-refractivity contribution is 6.10. The number of phenolic OH excluding ortho intramolecular Hbond substituents is 2. The average Bonchev–Trinajstić information content (AvgIpc) is 2.93. The molecular formula is C30H45N5O2. The molecular weight excluding hydrogens is 462 g/mol. The number of para-hydroxylation sites is 2. The molecule has 0 aromatic heterocycles. The molecule has 0 bridgehead atoms. The Balaban J connectivity index is 0.000000559. The minimum atomic E-state index is -0.128. The first-order chi connectivity index (χ1) is 18.0. The molecule has 1 unspecified atom stereocenters. The number of guanidine groups is 1. The van der Waals surface area contributed by atoms with E-state index in [0.29, 0.717) is 11.5 Å². The summed E-state index contributed by atoms with van der Waals surface area (Å²) in [5, 5.41) is 26.9. The number of amidine groups is 1. The van der Waals surface area contributed by atoms with Crippen molar-refractivity contribution in [1.82, 2.24) is 16.0 Å². The highest BCUT2D eigenvalue weighted by Crippen LogP contribution is 2.04. The van der Waals surface area contributed by atoms with E-state index >= 15 is 0 Å². The molecule has 3 aromatic carbocycles. The summed E-state index contributed by atoms with van der Waals surface area (Å²) in [5.74, 6) is 2.25. The van der Waals surface area contributed by atoms with Gasteiger partial charge in [-0.25, -0.2) is 4.99 Å². The van der Waals surface area contributed by atoms with Crippen LogP contribution in [0.15, 0.2) is 101 Å². The molecule has 0 aliphatic carbocycles. The Labute approximate surface area is 223 Å². The number of benzene rings is 3. The van der Waals surface area contributed by atoms with Gasteiger partial charge >= 0.3 is 0 Å². The van der Waals surface area contributed by atoms with Gasteiger partial charge < -0.3 is 20.8 Å². The third-order valence-corrected chi connectivity index (χ3v) is 4.04. The van der Waals surface area contributed by atoms with Gasteiger partial charge in [-0.05, 0) is 37.7 Å². The van der Waals surface area contributed by atoms with Crippen LogP contribution in [-0.4, -0.2) is 41.4 Å². The van der Waals surface area contributed by atoms with E-state index in [1.54, 1.807) is 48.5 Å². The lowest BCUT2D eigenvalue weighted by Crippen LogP contribution is -2.56. The number of hydrogen-bond acceptors (Lipinski definition) is 5. The van der Waals surface area contributed by atoms with Crippen LogP contribution in [0.1, 0.15) is 53.5 Å². The number of nitrogens with one attached hydrogen (secondary N) is 3. The van der Waals surface area contributed by atoms with Crippen molar-refractivity contribution in [2.75, 3.05) is 13.1 Å². The van der Waals surface area contributed by atoms with Crippen LogP contribution in [0, 0.1) is 0 Å². The van der Waals surface area contributed by atoms with Gasteiger partial charge in [0.25, 0.3) is 0 Å². The summed E-state index contributed by atoms with van der Waals surface area (Å²) < 4.78 is 0. The smallest absolute Gasteiger partial charge is 0.199 e. The van der Waals surface area contributed by atoms with Crippen LogP contribution in [-0.2, 0) is 0 Å². The lowest BCUT2D eigenvalue weighted by Gasteiger charge is -2.26. The summed E-state index contributed by atoms with van der Waals surface area (Å²) in [7, 11) is 0. The number of nitrogens with zero attached hydrogens (tertiary/aromatic N) is 2. The van der Waals surface area contributed by atoms with E-state index in [1.165, 1.54) is 6.42 Å². The van der Waals surface area contributed by atoms with Crippen molar-refractivity contribution >= 4 is 11.8 Å². The van der Waals surface area contributed by atoms with Crippen molar-refractivity contribution < 1.29 is 10.2 Å². The van der Waals surface area contributed by atoms with Crippen molar-refractivity contribution in [2.45, 2.75) is 54.3 Å². The molecule has 1 aliphatic rings. The molecule has 0 fully saturated rings. The fraction of sp³-hybridized carbons (Fsp3) is 0.333. The lowest BCUT2D eigenvalue weighted by molar-refractivity contribution is 0.475. The zero-order valence-corrected chi connectivity index (χ0v) is 23.1. The minimum Gasteiger partial charge on any atom is -0.508 e. The van der Waals surface area contributed by atoms with Gasteiger partial charge in [0, 0.05) is 12.1 Å². The zero-order valence-electron chi connectivity index (χ0n) is 23.1. The van der Waals surface area contributed by atoms with E-state index in [4.69, 9.17) is 10.2 Å². The number of hydrogen-bond donors (Lipinski definition) is 5. The highest BCUT2D eigenvalue weighted by Gasteiger charge is 2.17. The Kier molecular flexibility index (Phi) is 20.3. The van der Waals surface area contributed by atoms with Gasteiger partial charge in [0.2, 0.25) is 0 Å². The fourth-order valence-corrected chi connectivity index (χ4v) is 2.60. The van der Waals surface area contributed by atoms with Crippen LogP contribution >= 0.6 is 0 Å². The number of rotatable bonds is 4. The predicted octanol–water partition coefficient (Wildman–Crippen LogP) is 6.12. The molecule has 37 heavy (non-hydrogen) atoms. The van der Waals surface area contributed by atoms with Gasteiger partial charge in [0.15, 0.2) is 12.2 Å². The first-order valence-electron chi connectivity index (χ1n) is 13.0. The maximum atomic E-state index is 8.63. The van der Waals surface area contributed by atoms with Gasteiger partial charge in [0.05, 0.1) is 0 Å². The molecule has 5 N–H and O–H groups in total. The molecule has 202 valence electrons. The number of aliphatic imine (C=N–C) groups is 2. The topological polar surface area (TPSA) is 101 Å². The molecule has 0 amide bonds. The normalized spacial score (nSPS) is 14.2. The second-order valence-corrected chi connectivity index (χ2v) is 7.27. The van der Waals surface area contributed by atoms with E-state index in [0.717, 1.165) is 30.4 Å². The van der Waals surface area contributed by atoms with Crippen molar-refractivity contribution in [3.05, 3.63) is 96.6 Å². The van der Waals surface area contributed by atoms with E-state index < -0.39 is 0 Å². The summed E-state index contributed by atoms with van der Waals surface area (Å²) in [5.41, 5.74) is 1.06. The Morgan fingerprint density at radius 2 is 1.19 bits per heavy atom. The fourth-order valence-electron chi connectivity index (χ4n) is 2.60. The first kappa shape index (κ1) is 33.2. The van der Waals surface area contributed by atoms with Gasteiger partial charge in [0.1, 0.15) is 17.3 Å². The molecule has 1 atom stereocenters. The molecule has 3 aromatic rings. The monoisotopic (exact) mass is 507 g/mol. The zero-order chi connectivity index (χ0) is 27.7. The Morgan fingerprint density at radius 3 is 1.54 bits per heavy atom. The minimum absolute atomic E-state index is 0.128. The molecule has 7 nitrogen and oxygen atoms in total. The van der Waals surface area contributed by atoms with Crippen LogP contribution in [0.3, 0.4) is 0 Å². The van der Waals surface area contributed by atoms with Gasteiger partial charge in [-0.1, -0.05) is 108 Å². The standard InChI is InChI=1S/C13H19N5.2C6H6O.C3H8.C2H6/c1-3-14-12-16-11(10-8-6-5-7-9-10)17-13(18-12)15-4-2;2*7-6-4-2-1-3-5-6;1-3-2;1-2/h5-9,12,14H,3-4H2,1-2H3,(H2,15,16,17,18);2*1-5,7H;3H2,1-2H3;1-2H3. The summed E-state index contributed by atoms with van der Waals surface area (Å²) in [6.45, 7) is 13.9. The van der Waals surface area contributed by atoms with Gasteiger partial charge in [-0.3, -0.25) is 10.3 Å². The molecule has 0 radical (unpaired) electrons. The quantitative estimate of drug-likeness (QED) is 0.293. The molecule has 1 aliphatic heterocycles. The van der Waals surface area contributed by atoms with E-state index in [-0.39, 0.29) is 6.29 Å². The molecule has 0 saturated carbocycles. The van der Waals surface area contributed by atoms with E-state index in [2.05, 4.69) is 46.7 Å². The number of phenols is 2. The summed E-state index contributed by atoms with van der Waals surface area (Å²) in [6, 6.07) is 27.5. The van der Waals surface area contributed by atoms with Gasteiger partial charge in [-0.2, -0.15) is 0 Å². The van der Waals surface area contributed by atoms with Crippen LogP contribution in [0.4, 0.5) is 0 Å². The van der Waals surface area contributed by atoms with Crippen LogP contribution in [0.25, 0.3) is 0 Å². The van der Waals surface area contributed by atoms with E-state index in [1.807, 2.05) is 63.2 Å². The van der Waals surface area contributed by atoms with Crippen LogP contribution < -0.4 is 16.0 Å². The van der Waals surface area contributed by atoms with Crippen molar-refractivity contribution in [2.24, 2.45) is 9.98 Å². The van der Waals surface area contributed by atoms with Crippen LogP contribution in [0.2, 0.25) is 0 Å². The Morgan fingerprint density at radius 1 is 0.757 bits per heavy atom. The third kappa shape index (κ3) is 16.5. The second-order valence-electron chi connectivity index (χ2n) is 7.27. The number of aromatic hydroxyl groups is 2. The molecule has 0 spiro atoms. The maximum absolute atomic E-state index is 8.63. The molecule has 1 heterocycles. The Bertz CT molecular complexity index is 928. The summed E-state index contributed by atoms with van der Waals surface area (Å²) >= 11 is 0. The van der Waals surface area contributed by atoms with Crippen molar-refractivity contribution in [3.63, 3.8) is 0 Å². The second kappa shape index (κ2) is 22.6. The van der Waals surface area contributed by atoms with Crippen molar-refractivity contribution in [3.8, 4) is 11.5 Å². The summed E-state index contributed by atoms with van der Waals surface area (Å²) in [6.07, 6.45) is 1.12. The SMILES string of the molecule is CC.CCC.CCN=C1NC(c2ccccc2)=NC(NCC)N1.Oc1ccccc1.Oc1ccccc1. The highest BCUT2D eigenvalue weighted by atomic mass is 16.3. The third-order valence-electron chi connectivity index (χ3n) is 4.04. The average molecular weight is 508 g/mol. The van der Waals surface area contributed by atoms with Crippen molar-refractivity contribution in [1.29, 1.82) is 0 Å². The van der Waals surface area contributed by atoms with Crippen LogP contribution in [0.5, 0.6) is 11.5 Å². The molecule has 4 rings (SSSR count). The maximum Gasteiger partial charge on any atom is 0.199 e. The Hall–Kier alpha value is -3.84. The van der Waals surface area contributed by atoms with E-state index in [9.17, 15) is 0 Å². The predicted molar refractivity (Wildman–Crippen MR) is 158 cm³/mol. The summed E-state index contributed by atoms with van der Waals surface area (Å²) in [4.78, 5) is 8.94. The van der Waals surface area contributed by atoms with Gasteiger partial charge in [-0.15, -0.1) is 0 Å². The largest absolute Gasteiger partial charge is 0.508 e. The first-order valence-corrected chi connectivity index (χ1v) is 13.0. The molecule has 7 heteroatoms. The lowest BCUT2D eigenvalue weighted by atomic mass is 10.2.